The van der Waals surface area contributed by atoms with Gasteiger partial charge in [-0.1, -0.05) is 58.7 Å². The Labute approximate surface area is 478 Å². The molecular weight excluding hydrogens is 1020 g/mol. The van der Waals surface area contributed by atoms with Gasteiger partial charge >= 0.3 is 5.97 Å². The van der Waals surface area contributed by atoms with Crippen LogP contribution in [0, 0.1) is 22.7 Å². The highest BCUT2D eigenvalue weighted by Gasteiger charge is 2.55. The number of nitrogens with one attached hydrogen (secondary N) is 3. The molecule has 4 aromatic rings. The van der Waals surface area contributed by atoms with Crippen LogP contribution in [0.15, 0.2) is 48.7 Å². The molecule has 3 amide bonds. The highest BCUT2D eigenvalue weighted by atomic mass is 19.1. The van der Waals surface area contributed by atoms with Crippen molar-refractivity contribution >= 4 is 40.3 Å². The van der Waals surface area contributed by atoms with Crippen LogP contribution < -0.4 is 21.0 Å². The van der Waals surface area contributed by atoms with Gasteiger partial charge in [0.2, 0.25) is 11.8 Å². The molecule has 6 bridgehead atoms. The summed E-state index contributed by atoms with van der Waals surface area (Å²) < 4.78 is 24.1. The number of pyridine rings is 1. The van der Waals surface area contributed by atoms with E-state index >= 15 is 14.0 Å². The number of halogens is 1. The Morgan fingerprint density at radius 3 is 2.49 bits per heavy atom. The maximum atomic E-state index is 15.4. The van der Waals surface area contributed by atoms with E-state index in [9.17, 15) is 9.59 Å². The molecule has 434 valence electrons. The second kappa shape index (κ2) is 22.0. The number of esters is 1. The number of ether oxygens (including phenoxy) is 1. The van der Waals surface area contributed by atoms with Crippen molar-refractivity contribution in [3.05, 3.63) is 71.0 Å². The monoisotopic (exact) mass is 1110 g/mol. The molecule has 81 heavy (non-hydrogen) atoms. The first-order chi connectivity index (χ1) is 39.1. The van der Waals surface area contributed by atoms with Crippen LogP contribution >= 0.6 is 0 Å². The Kier molecular flexibility index (Phi) is 14.9. The van der Waals surface area contributed by atoms with Gasteiger partial charge in [0, 0.05) is 98.2 Å². The number of rotatable bonds is 11. The summed E-state index contributed by atoms with van der Waals surface area (Å²) in [6.45, 7) is 18.7. The molecule has 15 nitrogen and oxygen atoms in total. The predicted molar refractivity (Wildman–Crippen MR) is 313 cm³/mol. The third kappa shape index (κ3) is 10.8. The number of nitrogens with zero attached hydrogens (tertiary/aromatic N) is 7. The van der Waals surface area contributed by atoms with Crippen molar-refractivity contribution in [2.24, 2.45) is 22.7 Å². The van der Waals surface area contributed by atoms with Crippen LogP contribution in [0.1, 0.15) is 140 Å². The summed E-state index contributed by atoms with van der Waals surface area (Å²) in [7, 11) is 0. The number of likely N-dealkylation sites (tertiary alicyclic amines) is 2. The van der Waals surface area contributed by atoms with Gasteiger partial charge in [-0.25, -0.2) is 9.82 Å². The molecule has 2 aliphatic carbocycles. The van der Waals surface area contributed by atoms with Gasteiger partial charge in [-0.05, 0) is 160 Å². The normalized spacial score (nSPS) is 28.7. The van der Waals surface area contributed by atoms with Crippen molar-refractivity contribution in [1.82, 2.24) is 45.3 Å². The van der Waals surface area contributed by atoms with Gasteiger partial charge in [-0.15, -0.1) is 0 Å². The number of hydrogen-bond acceptors (Lipinski definition) is 11. The molecule has 2 aromatic carbocycles. The summed E-state index contributed by atoms with van der Waals surface area (Å²) >= 11 is 0. The third-order valence-corrected chi connectivity index (χ3v) is 20.5. The maximum absolute atomic E-state index is 15.4. The fourth-order valence-electron chi connectivity index (χ4n) is 16.0. The summed E-state index contributed by atoms with van der Waals surface area (Å²) in [4.78, 5) is 73.6. The number of benzene rings is 2. The molecule has 7 aliphatic heterocycles. The first-order valence-electron chi connectivity index (χ1n) is 31.3. The lowest BCUT2D eigenvalue weighted by Gasteiger charge is -2.39. The Morgan fingerprint density at radius 1 is 0.889 bits per heavy atom. The molecule has 13 rings (SSSR count). The smallest absolute Gasteiger partial charge is 0.324 e. The molecule has 6 saturated heterocycles. The number of aryl methyl sites for hydroxylation is 1. The number of alkyl halides is 1. The highest BCUT2D eigenvalue weighted by molar-refractivity contribution is 5.96. The number of carbonyl (C=O) groups is 4. The van der Waals surface area contributed by atoms with Crippen molar-refractivity contribution in [2.45, 2.75) is 180 Å². The Balaban J connectivity index is 0.853. The highest BCUT2D eigenvalue weighted by Crippen LogP contribution is 2.47. The number of hydrogen-bond donors (Lipinski definition) is 3. The first kappa shape index (κ1) is 54.8. The summed E-state index contributed by atoms with van der Waals surface area (Å²) in [6.07, 6.45) is 14.6. The maximum Gasteiger partial charge on any atom is 0.324 e. The first-order valence-corrected chi connectivity index (χ1v) is 31.3. The van der Waals surface area contributed by atoms with E-state index in [1.165, 1.54) is 37.2 Å². The van der Waals surface area contributed by atoms with Crippen molar-refractivity contribution in [1.29, 1.82) is 0 Å². The summed E-state index contributed by atoms with van der Waals surface area (Å²) in [5.41, 5.74) is 12.4. The van der Waals surface area contributed by atoms with E-state index in [-0.39, 0.29) is 54.0 Å². The molecule has 8 fully saturated rings. The van der Waals surface area contributed by atoms with Gasteiger partial charge < -0.3 is 24.4 Å². The van der Waals surface area contributed by atoms with Crippen molar-refractivity contribution in [3.8, 4) is 22.4 Å². The molecule has 9 aliphatic rings. The molecule has 3 N–H and O–H groups in total. The molecule has 7 atom stereocenters. The van der Waals surface area contributed by atoms with Crippen LogP contribution in [0.3, 0.4) is 0 Å². The van der Waals surface area contributed by atoms with Gasteiger partial charge in [0.15, 0.2) is 0 Å². The minimum Gasteiger partial charge on any atom is -0.464 e. The third-order valence-electron chi connectivity index (χ3n) is 20.5. The lowest BCUT2D eigenvalue weighted by atomic mass is 9.83. The average molecular weight is 1110 g/mol. The van der Waals surface area contributed by atoms with E-state index in [2.05, 4.69) is 111 Å². The fourth-order valence-corrected chi connectivity index (χ4v) is 16.0. The lowest BCUT2D eigenvalue weighted by Crippen LogP contribution is -2.62. The molecule has 2 aromatic heterocycles. The standard InChI is InChI=1S/C65H87FN10O5/c1-6-75-54-18-17-45-31-49(54)51(59(75)50-32-48(35-67-55(50)40(2)3)72-26-25-71-21-9-13-47(71)36-72)33-64(4,5)39-81-63(80)52-14-10-22-76(70-52)61(78)53(30-41-27-42(34-66)29-46(45)28-41)68-60(77)58(44-11-7-8-12-44)73-23-19-65(37-73)20-24-74(38-65)62(79)57-56(69-57)43-15-16-43/h17-18,27-29,31-32,35,40,43-44,47,52-53,56-58,69-70H,6-16,19-26,30,33-34,36-39H2,1-5H3,(H,68,77)/t47-,52+,53+,56-,57-,58+,65+/m1/s1. The zero-order valence-corrected chi connectivity index (χ0v) is 48.7. The molecule has 0 unspecified atom stereocenters. The van der Waals surface area contributed by atoms with E-state index in [1.54, 1.807) is 0 Å². The number of fused-ring (bicyclic) bond motifs is 7. The largest absolute Gasteiger partial charge is 0.464 e. The van der Waals surface area contributed by atoms with Crippen LogP contribution in [0.5, 0.6) is 0 Å². The van der Waals surface area contributed by atoms with E-state index in [0.29, 0.717) is 55.9 Å². The lowest BCUT2D eigenvalue weighted by molar-refractivity contribution is -0.155. The van der Waals surface area contributed by atoms with Gasteiger partial charge in [-0.2, -0.15) is 0 Å². The van der Waals surface area contributed by atoms with Crippen LogP contribution in [0.4, 0.5) is 10.1 Å². The number of hydrazine groups is 1. The molecule has 16 heteroatoms. The molecule has 1 spiro atoms. The van der Waals surface area contributed by atoms with Crippen LogP contribution in [0.25, 0.3) is 33.3 Å². The van der Waals surface area contributed by atoms with E-state index < -0.39 is 36.2 Å². The molecule has 2 saturated carbocycles. The molecular formula is C65H87FN10O5. The predicted octanol–water partition coefficient (Wildman–Crippen LogP) is 8.15. The molecule has 0 radical (unpaired) electrons. The molecule has 9 heterocycles. The zero-order chi connectivity index (χ0) is 55.9. The summed E-state index contributed by atoms with van der Waals surface area (Å²) in [5.74, 6) is 0.264. The van der Waals surface area contributed by atoms with E-state index in [1.807, 2.05) is 12.1 Å². The number of piperazine rings is 1. The van der Waals surface area contributed by atoms with Gasteiger partial charge in [0.05, 0.1) is 35.9 Å². The van der Waals surface area contributed by atoms with Crippen molar-refractivity contribution in [2.75, 3.05) is 70.4 Å². The Hall–Kier alpha value is -5.42. The van der Waals surface area contributed by atoms with Crippen LogP contribution in [0.2, 0.25) is 0 Å². The second-order valence-electron chi connectivity index (χ2n) is 27.3. The average Bonchev–Trinajstić information content (AvgIpc) is 4.27. The number of cyclic esters (lactones) is 1. The fraction of sp³-hybridized carbons (Fsp3) is 0.646. The van der Waals surface area contributed by atoms with Crippen molar-refractivity contribution in [3.63, 3.8) is 0 Å². The SMILES string of the molecule is CCn1c(-c2cc(N3CCN4CCC[C@@H]4C3)cnc2C(C)C)c2c3cc(ccc31)-c1cc(CF)cc(c1)C[C@H](NC(=O)[C@H](C1CCCC1)N1CC[C@]3(CCN(C(=O)[C@@H]4N[C@@H]4C4CC4)C3)C1)C(=O)N1CCC[C@H](N1)C(=O)OCC(C)(C)C2. The zero-order valence-electron chi connectivity index (χ0n) is 48.7. The minimum absolute atomic E-state index is 0.0435. The van der Waals surface area contributed by atoms with Crippen LogP contribution in [-0.2, 0) is 50.0 Å². The second-order valence-corrected chi connectivity index (χ2v) is 27.3. The number of carbonyl (C=O) groups excluding carboxylic acids is 4. The van der Waals surface area contributed by atoms with E-state index in [0.717, 1.165) is 140 Å². The number of amides is 3. The van der Waals surface area contributed by atoms with Gasteiger partial charge in [0.25, 0.3) is 5.91 Å². The number of aromatic nitrogens is 2. The van der Waals surface area contributed by atoms with Crippen molar-refractivity contribution < 1.29 is 28.3 Å². The topological polar surface area (TPSA) is 158 Å². The van der Waals surface area contributed by atoms with Gasteiger partial charge in [-0.3, -0.25) is 44.3 Å². The van der Waals surface area contributed by atoms with Gasteiger partial charge in [0.1, 0.15) is 24.8 Å². The summed E-state index contributed by atoms with van der Waals surface area (Å²) in [5, 5.41) is 9.44. The van der Waals surface area contributed by atoms with E-state index in [4.69, 9.17) is 9.72 Å². The quantitative estimate of drug-likeness (QED) is 0.0984. The summed E-state index contributed by atoms with van der Waals surface area (Å²) in [6, 6.07) is 13.5. The minimum atomic E-state index is -1.01. The Morgan fingerprint density at radius 2 is 1.70 bits per heavy atom. The van der Waals surface area contributed by atoms with Crippen LogP contribution in [-0.4, -0.2) is 155 Å². The number of anilines is 1. The Bertz CT molecular complexity index is 3080.